The van der Waals surface area contributed by atoms with Crippen LogP contribution < -0.4 is 4.72 Å². The van der Waals surface area contributed by atoms with E-state index in [-0.39, 0.29) is 6.10 Å². The molecule has 0 bridgehead atoms. The molecule has 4 nitrogen and oxygen atoms in total. The molecule has 0 saturated carbocycles. The summed E-state index contributed by atoms with van der Waals surface area (Å²) in [5.74, 6) is 0.453. The minimum Gasteiger partial charge on any atom is -0.755 e. The van der Waals surface area contributed by atoms with E-state index in [0.29, 0.717) is 18.2 Å². The van der Waals surface area contributed by atoms with Crippen LogP contribution in [0.5, 0.6) is 0 Å². The third-order valence-corrected chi connectivity index (χ3v) is 3.75. The molecule has 2 rings (SSSR count). The van der Waals surface area contributed by atoms with Gasteiger partial charge in [-0.25, -0.2) is 0 Å². The van der Waals surface area contributed by atoms with E-state index in [1.165, 1.54) is 0 Å². The van der Waals surface area contributed by atoms with Gasteiger partial charge in [0.1, 0.15) is 0 Å². The predicted octanol–water partition coefficient (Wildman–Crippen LogP) is 3.08. The highest BCUT2D eigenvalue weighted by Crippen LogP contribution is 2.33. The molecule has 2 unspecified atom stereocenters. The molecule has 0 heterocycles. The molecule has 0 aliphatic heterocycles. The minimum atomic E-state index is -2.34. The Balaban J connectivity index is 2.28. The molecular weight excluding hydrogens is 298 g/mol. The smallest absolute Gasteiger partial charge is 0.0829 e. The van der Waals surface area contributed by atoms with Gasteiger partial charge in [0.05, 0.1) is 18.4 Å². The first-order valence-electron chi connectivity index (χ1n) is 6.55. The maximum atomic E-state index is 10.9. The van der Waals surface area contributed by atoms with Crippen LogP contribution in [0.15, 0.2) is 30.3 Å². The summed E-state index contributed by atoms with van der Waals surface area (Å²) in [6, 6.07) is 7.35. The van der Waals surface area contributed by atoms with Gasteiger partial charge in [0, 0.05) is 22.7 Å². The van der Waals surface area contributed by atoms with Crippen molar-refractivity contribution in [2.75, 3.05) is 17.2 Å². The van der Waals surface area contributed by atoms with Crippen LogP contribution in [0, 0.1) is 0 Å². The number of nitrogens with one attached hydrogen (secondary N) is 1. The zero-order chi connectivity index (χ0) is 14.4. The number of hydrogen-bond acceptors (Lipinski definition) is 3. The van der Waals surface area contributed by atoms with Crippen LogP contribution in [-0.4, -0.2) is 27.4 Å². The highest BCUT2D eigenvalue weighted by molar-refractivity contribution is 7.80. The first kappa shape index (κ1) is 15.5. The fourth-order valence-electron chi connectivity index (χ4n) is 2.40. The van der Waals surface area contributed by atoms with Crippen LogP contribution in [0.2, 0.25) is 0 Å². The lowest BCUT2D eigenvalue weighted by Crippen LogP contribution is -2.20. The highest BCUT2D eigenvalue weighted by Gasteiger charge is 2.21. The SMILES string of the molecule is O=S([O-])Nc1ccccc1C1=CCCCC1OCCCl. The van der Waals surface area contributed by atoms with Gasteiger partial charge in [-0.05, 0) is 30.9 Å². The monoisotopic (exact) mass is 314 g/mol. The van der Waals surface area contributed by atoms with Gasteiger partial charge in [0.15, 0.2) is 0 Å². The second kappa shape index (κ2) is 7.78. The van der Waals surface area contributed by atoms with Crippen molar-refractivity contribution in [3.63, 3.8) is 0 Å². The lowest BCUT2D eigenvalue weighted by molar-refractivity contribution is 0.0946. The summed E-state index contributed by atoms with van der Waals surface area (Å²) in [5.41, 5.74) is 2.49. The normalized spacial score (nSPS) is 20.3. The standard InChI is InChI=1S/C14H18ClNO3S/c15-9-10-19-14-8-4-2-6-12(14)11-5-1-3-7-13(11)16-20(17)18/h1,3,5-7,14,16H,2,4,8-10H2,(H,17,18)/p-1. The number of benzene rings is 1. The third-order valence-electron chi connectivity index (χ3n) is 3.21. The fourth-order valence-corrected chi connectivity index (χ4v) is 2.85. The molecule has 0 amide bonds. The van der Waals surface area contributed by atoms with Gasteiger partial charge in [-0.1, -0.05) is 24.3 Å². The molecule has 1 aliphatic rings. The quantitative estimate of drug-likeness (QED) is 0.648. The van der Waals surface area contributed by atoms with E-state index in [0.717, 1.165) is 30.4 Å². The van der Waals surface area contributed by atoms with E-state index in [9.17, 15) is 8.76 Å². The van der Waals surface area contributed by atoms with Crippen molar-refractivity contribution in [3.8, 4) is 0 Å². The number of ether oxygens (including phenoxy) is 1. The lowest BCUT2D eigenvalue weighted by Gasteiger charge is -2.26. The third kappa shape index (κ3) is 4.06. The molecule has 0 fully saturated rings. The average Bonchev–Trinajstić information content (AvgIpc) is 2.45. The predicted molar refractivity (Wildman–Crippen MR) is 81.3 cm³/mol. The Kier molecular flexibility index (Phi) is 6.04. The van der Waals surface area contributed by atoms with Crippen LogP contribution in [0.3, 0.4) is 0 Å². The van der Waals surface area contributed by atoms with Crippen LogP contribution in [0.4, 0.5) is 5.69 Å². The van der Waals surface area contributed by atoms with Crippen LogP contribution in [0.1, 0.15) is 24.8 Å². The molecule has 20 heavy (non-hydrogen) atoms. The maximum Gasteiger partial charge on any atom is 0.0829 e. The largest absolute Gasteiger partial charge is 0.755 e. The van der Waals surface area contributed by atoms with Crippen molar-refractivity contribution in [1.29, 1.82) is 0 Å². The van der Waals surface area contributed by atoms with Gasteiger partial charge < -0.3 is 14.0 Å². The van der Waals surface area contributed by atoms with E-state index in [1.807, 2.05) is 12.1 Å². The molecule has 1 N–H and O–H groups in total. The molecule has 0 aromatic heterocycles. The average molecular weight is 315 g/mol. The van der Waals surface area contributed by atoms with Gasteiger partial charge in [-0.2, -0.15) is 0 Å². The van der Waals surface area contributed by atoms with Crippen LogP contribution in [0.25, 0.3) is 5.57 Å². The van der Waals surface area contributed by atoms with Crippen molar-refractivity contribution in [2.45, 2.75) is 25.4 Å². The molecule has 110 valence electrons. The van der Waals surface area contributed by atoms with Crippen molar-refractivity contribution in [1.82, 2.24) is 0 Å². The van der Waals surface area contributed by atoms with E-state index in [4.69, 9.17) is 16.3 Å². The summed E-state index contributed by atoms with van der Waals surface area (Å²) in [4.78, 5) is 0. The first-order valence-corrected chi connectivity index (χ1v) is 8.16. The molecule has 1 aliphatic carbocycles. The molecular formula is C14H17ClNO3S-. The fraction of sp³-hybridized carbons (Fsp3) is 0.429. The summed E-state index contributed by atoms with van der Waals surface area (Å²) in [6.07, 6.45) is 5.07. The summed E-state index contributed by atoms with van der Waals surface area (Å²) < 4.78 is 30.0. The minimum absolute atomic E-state index is 0.0227. The summed E-state index contributed by atoms with van der Waals surface area (Å²) in [6.45, 7) is 0.493. The van der Waals surface area contributed by atoms with Crippen molar-refractivity contribution >= 4 is 34.1 Å². The number of allylic oxidation sites excluding steroid dienone is 1. The Morgan fingerprint density at radius 2 is 2.25 bits per heavy atom. The number of hydrogen-bond donors (Lipinski definition) is 1. The second-order valence-corrected chi connectivity index (χ2v) is 5.57. The Hall–Kier alpha value is -0.880. The molecule has 0 saturated heterocycles. The Morgan fingerprint density at radius 3 is 3.00 bits per heavy atom. The second-order valence-electron chi connectivity index (χ2n) is 4.52. The Bertz CT molecular complexity index is 507. The number of para-hydroxylation sites is 1. The molecule has 1 aromatic carbocycles. The van der Waals surface area contributed by atoms with Crippen molar-refractivity contribution in [2.24, 2.45) is 0 Å². The van der Waals surface area contributed by atoms with Crippen LogP contribution in [-0.2, 0) is 16.0 Å². The van der Waals surface area contributed by atoms with E-state index in [2.05, 4.69) is 10.8 Å². The summed E-state index contributed by atoms with van der Waals surface area (Å²) in [7, 11) is 0. The summed E-state index contributed by atoms with van der Waals surface area (Å²) in [5, 5.41) is 0. The van der Waals surface area contributed by atoms with Gasteiger partial charge >= 0.3 is 0 Å². The topological polar surface area (TPSA) is 61.4 Å². The number of halogens is 1. The van der Waals surface area contributed by atoms with Gasteiger partial charge in [0.25, 0.3) is 0 Å². The van der Waals surface area contributed by atoms with Gasteiger partial charge in [-0.3, -0.25) is 4.21 Å². The van der Waals surface area contributed by atoms with Gasteiger partial charge in [-0.15, -0.1) is 11.6 Å². The van der Waals surface area contributed by atoms with E-state index in [1.54, 1.807) is 12.1 Å². The lowest BCUT2D eigenvalue weighted by atomic mass is 9.90. The van der Waals surface area contributed by atoms with Crippen molar-refractivity contribution in [3.05, 3.63) is 35.9 Å². The van der Waals surface area contributed by atoms with Crippen LogP contribution >= 0.6 is 11.6 Å². The Morgan fingerprint density at radius 1 is 1.45 bits per heavy atom. The maximum absolute atomic E-state index is 10.9. The Labute approximate surface area is 126 Å². The zero-order valence-corrected chi connectivity index (χ0v) is 12.6. The zero-order valence-electron chi connectivity index (χ0n) is 11.0. The van der Waals surface area contributed by atoms with Gasteiger partial charge in [0.2, 0.25) is 0 Å². The summed E-state index contributed by atoms with van der Waals surface area (Å²) >= 11 is 3.34. The number of alkyl halides is 1. The molecule has 0 spiro atoms. The van der Waals surface area contributed by atoms with Crippen molar-refractivity contribution < 1.29 is 13.5 Å². The highest BCUT2D eigenvalue weighted by atomic mass is 35.5. The first-order chi connectivity index (χ1) is 9.72. The van der Waals surface area contributed by atoms with E-state index >= 15 is 0 Å². The molecule has 1 aromatic rings. The number of rotatable bonds is 6. The molecule has 2 atom stereocenters. The molecule has 6 heteroatoms. The van der Waals surface area contributed by atoms with E-state index < -0.39 is 11.3 Å². The molecule has 0 radical (unpaired) electrons. The number of anilines is 1.